The van der Waals surface area contributed by atoms with Crippen LogP contribution in [-0.4, -0.2) is 24.3 Å². The number of hydrogen-bond donors (Lipinski definition) is 1. The number of hydrogen-bond acceptors (Lipinski definition) is 2. The zero-order valence-electron chi connectivity index (χ0n) is 11.8. The second-order valence-corrected chi connectivity index (χ2v) is 6.05. The summed E-state index contributed by atoms with van der Waals surface area (Å²) in [5.41, 5.74) is -0.635. The van der Waals surface area contributed by atoms with Crippen LogP contribution in [0.4, 0.5) is 0 Å². The third-order valence-corrected chi connectivity index (χ3v) is 3.92. The monoisotopic (exact) mass is 254 g/mol. The Morgan fingerprint density at radius 2 is 2.06 bits per heavy atom. The fourth-order valence-corrected chi connectivity index (χ4v) is 2.20. The summed E-state index contributed by atoms with van der Waals surface area (Å²) in [6.45, 7) is 7.28. The number of carboxylic acids is 1. The van der Waals surface area contributed by atoms with Gasteiger partial charge in [-0.3, -0.25) is 4.79 Å². The van der Waals surface area contributed by atoms with E-state index in [0.29, 0.717) is 24.9 Å². The largest absolute Gasteiger partial charge is 0.481 e. The van der Waals surface area contributed by atoms with Crippen LogP contribution in [0, 0.1) is 17.3 Å². The van der Waals surface area contributed by atoms with E-state index in [9.17, 15) is 4.79 Å². The van der Waals surface area contributed by atoms with Crippen LogP contribution in [0.3, 0.4) is 0 Å². The Hall–Kier alpha value is -0.830. The van der Waals surface area contributed by atoms with E-state index in [4.69, 9.17) is 9.84 Å². The molecule has 0 fully saturated rings. The lowest BCUT2D eigenvalue weighted by molar-refractivity contribution is -0.147. The van der Waals surface area contributed by atoms with Gasteiger partial charge in [-0.2, -0.15) is 0 Å². The molecule has 0 amide bonds. The van der Waals surface area contributed by atoms with Gasteiger partial charge in [-0.05, 0) is 51.4 Å². The topological polar surface area (TPSA) is 46.5 Å². The van der Waals surface area contributed by atoms with E-state index < -0.39 is 11.4 Å². The average Bonchev–Trinajstić information content (AvgIpc) is 2.30. The Balaban J connectivity index is 2.12. The second kappa shape index (κ2) is 6.93. The predicted octanol–water partition coefficient (Wildman–Crippen LogP) is 3.50. The lowest BCUT2D eigenvalue weighted by atomic mass is 9.85. The lowest BCUT2D eigenvalue weighted by Gasteiger charge is -2.25. The molecule has 0 aromatic rings. The molecule has 0 saturated heterocycles. The molecule has 3 heteroatoms. The summed E-state index contributed by atoms with van der Waals surface area (Å²) in [5, 5.41) is 8.99. The van der Waals surface area contributed by atoms with Gasteiger partial charge in [0.05, 0.1) is 5.41 Å². The Bertz CT molecular complexity index is 294. The highest BCUT2D eigenvalue weighted by molar-refractivity contribution is 5.73. The summed E-state index contributed by atoms with van der Waals surface area (Å²) in [6, 6.07) is 0. The number of carboxylic acid groups (broad SMARTS) is 1. The van der Waals surface area contributed by atoms with Gasteiger partial charge in [0.15, 0.2) is 0 Å². The first-order valence-electron chi connectivity index (χ1n) is 6.89. The van der Waals surface area contributed by atoms with Crippen LogP contribution >= 0.6 is 0 Å². The van der Waals surface area contributed by atoms with E-state index in [2.05, 4.69) is 19.1 Å². The molecule has 0 aromatic carbocycles. The summed E-state index contributed by atoms with van der Waals surface area (Å²) in [7, 11) is 0. The van der Waals surface area contributed by atoms with E-state index in [-0.39, 0.29) is 0 Å². The van der Waals surface area contributed by atoms with Crippen LogP contribution < -0.4 is 0 Å². The molecule has 0 bridgehead atoms. The zero-order chi connectivity index (χ0) is 13.6. The second-order valence-electron chi connectivity index (χ2n) is 6.05. The summed E-state index contributed by atoms with van der Waals surface area (Å²) < 4.78 is 5.69. The third kappa shape index (κ3) is 4.81. The first kappa shape index (κ1) is 15.2. The van der Waals surface area contributed by atoms with Gasteiger partial charge in [-0.15, -0.1) is 0 Å². The van der Waals surface area contributed by atoms with Gasteiger partial charge in [0.2, 0.25) is 0 Å². The van der Waals surface area contributed by atoms with Gasteiger partial charge >= 0.3 is 5.97 Å². The molecule has 1 N–H and O–H groups in total. The fraction of sp³-hybridized carbons (Fsp3) is 0.800. The van der Waals surface area contributed by atoms with Crippen molar-refractivity contribution in [3.05, 3.63) is 12.2 Å². The van der Waals surface area contributed by atoms with Gasteiger partial charge < -0.3 is 9.84 Å². The lowest BCUT2D eigenvalue weighted by Crippen LogP contribution is -2.24. The maximum atomic E-state index is 10.9. The van der Waals surface area contributed by atoms with Crippen molar-refractivity contribution in [2.75, 3.05) is 13.2 Å². The van der Waals surface area contributed by atoms with E-state index in [0.717, 1.165) is 25.9 Å². The molecular formula is C15H26O3. The number of allylic oxidation sites excluding steroid dienone is 2. The minimum Gasteiger partial charge on any atom is -0.481 e. The summed E-state index contributed by atoms with van der Waals surface area (Å²) in [4.78, 5) is 10.9. The molecule has 18 heavy (non-hydrogen) atoms. The van der Waals surface area contributed by atoms with Crippen molar-refractivity contribution in [3.63, 3.8) is 0 Å². The fourth-order valence-electron chi connectivity index (χ4n) is 2.20. The number of rotatable bonds is 7. The van der Waals surface area contributed by atoms with E-state index >= 15 is 0 Å². The van der Waals surface area contributed by atoms with Crippen LogP contribution in [0.15, 0.2) is 12.2 Å². The van der Waals surface area contributed by atoms with Crippen LogP contribution in [0.1, 0.15) is 46.5 Å². The molecule has 0 heterocycles. The van der Waals surface area contributed by atoms with Gasteiger partial charge in [-0.1, -0.05) is 19.1 Å². The molecule has 3 nitrogen and oxygen atoms in total. The standard InChI is InChI=1S/C15H26O3/c1-12-7-4-5-8-13(12)11-18-10-6-9-15(2,3)14(16)17/h4-5,12-13H,6-11H2,1-3H3,(H,16,17). The predicted molar refractivity (Wildman–Crippen MR) is 72.5 cm³/mol. The van der Waals surface area contributed by atoms with Crippen LogP contribution in [0.25, 0.3) is 0 Å². The molecule has 0 aromatic heterocycles. The molecule has 0 radical (unpaired) electrons. The smallest absolute Gasteiger partial charge is 0.309 e. The van der Waals surface area contributed by atoms with E-state index in [1.54, 1.807) is 13.8 Å². The highest BCUT2D eigenvalue weighted by atomic mass is 16.5. The maximum Gasteiger partial charge on any atom is 0.309 e. The minimum absolute atomic E-state index is 0.627. The molecule has 0 saturated carbocycles. The molecule has 0 spiro atoms. The van der Waals surface area contributed by atoms with Crippen molar-refractivity contribution in [2.45, 2.75) is 46.5 Å². The Morgan fingerprint density at radius 1 is 1.39 bits per heavy atom. The molecule has 1 aliphatic rings. The highest BCUT2D eigenvalue weighted by Crippen LogP contribution is 2.26. The van der Waals surface area contributed by atoms with Crippen LogP contribution in [-0.2, 0) is 9.53 Å². The summed E-state index contributed by atoms with van der Waals surface area (Å²) >= 11 is 0. The highest BCUT2D eigenvalue weighted by Gasteiger charge is 2.26. The molecule has 1 aliphatic carbocycles. The SMILES string of the molecule is CC1CC=CCC1COCCCC(C)(C)C(=O)O. The van der Waals surface area contributed by atoms with Crippen LogP contribution in [0.5, 0.6) is 0 Å². The number of ether oxygens (including phenoxy) is 1. The molecule has 2 unspecified atom stereocenters. The number of carbonyl (C=O) groups is 1. The van der Waals surface area contributed by atoms with Crippen molar-refractivity contribution < 1.29 is 14.6 Å². The third-order valence-electron chi connectivity index (χ3n) is 3.92. The summed E-state index contributed by atoms with van der Waals surface area (Å²) in [6.07, 6.45) is 8.23. The first-order valence-corrected chi connectivity index (χ1v) is 6.89. The Morgan fingerprint density at radius 3 is 2.67 bits per heavy atom. The van der Waals surface area contributed by atoms with Gasteiger partial charge in [-0.25, -0.2) is 0 Å². The minimum atomic E-state index is -0.728. The number of aliphatic carboxylic acids is 1. The van der Waals surface area contributed by atoms with Gasteiger partial charge in [0, 0.05) is 13.2 Å². The normalized spacial score (nSPS) is 24.2. The average molecular weight is 254 g/mol. The Kier molecular flexibility index (Phi) is 5.86. The summed E-state index contributed by atoms with van der Waals surface area (Å²) in [5.74, 6) is 0.599. The van der Waals surface area contributed by atoms with Gasteiger partial charge in [0.25, 0.3) is 0 Å². The molecule has 1 rings (SSSR count). The first-order chi connectivity index (χ1) is 8.43. The van der Waals surface area contributed by atoms with E-state index in [1.807, 2.05) is 0 Å². The molecule has 104 valence electrons. The van der Waals surface area contributed by atoms with Crippen molar-refractivity contribution in [1.29, 1.82) is 0 Å². The van der Waals surface area contributed by atoms with Crippen LogP contribution in [0.2, 0.25) is 0 Å². The molecule has 2 atom stereocenters. The van der Waals surface area contributed by atoms with Crippen molar-refractivity contribution in [1.82, 2.24) is 0 Å². The van der Waals surface area contributed by atoms with Gasteiger partial charge in [0.1, 0.15) is 0 Å². The Labute approximate surface area is 110 Å². The van der Waals surface area contributed by atoms with E-state index in [1.165, 1.54) is 0 Å². The van der Waals surface area contributed by atoms with Crippen molar-refractivity contribution >= 4 is 5.97 Å². The van der Waals surface area contributed by atoms with Crippen molar-refractivity contribution in [3.8, 4) is 0 Å². The molecule has 0 aliphatic heterocycles. The zero-order valence-corrected chi connectivity index (χ0v) is 11.8. The van der Waals surface area contributed by atoms with Crippen molar-refractivity contribution in [2.24, 2.45) is 17.3 Å². The molecular weight excluding hydrogens is 228 g/mol. The maximum absolute atomic E-state index is 10.9. The quantitative estimate of drug-likeness (QED) is 0.558.